The van der Waals surface area contributed by atoms with Gasteiger partial charge in [-0.1, -0.05) is 53.7 Å². The maximum absolute atomic E-state index is 12.6. The van der Waals surface area contributed by atoms with E-state index in [-0.39, 0.29) is 5.91 Å². The number of hydrogen-bond donors (Lipinski definition) is 1. The number of H-pyrrole nitrogens is 1. The number of piperazine rings is 1. The fraction of sp³-hybridized carbons (Fsp3) is 0.286. The van der Waals surface area contributed by atoms with E-state index in [1.165, 1.54) is 17.3 Å². The van der Waals surface area contributed by atoms with Crippen molar-refractivity contribution in [1.29, 1.82) is 0 Å². The molecule has 0 spiro atoms. The molecule has 2 aromatic carbocycles. The van der Waals surface area contributed by atoms with Crippen molar-refractivity contribution in [2.24, 2.45) is 0 Å². The van der Waals surface area contributed by atoms with Crippen LogP contribution in [0.1, 0.15) is 5.56 Å². The number of aromatic amines is 1. The van der Waals surface area contributed by atoms with E-state index in [2.05, 4.69) is 44.3 Å². The average Bonchev–Trinajstić information content (AvgIpc) is 3.23. The van der Waals surface area contributed by atoms with Gasteiger partial charge >= 0.3 is 0 Å². The predicted octanol–water partition coefficient (Wildman–Crippen LogP) is 3.56. The standard InChI is InChI=1S/C21H22ClN5OS/c22-18-8-6-17(7-9-18)20-23-21(25-24-20)29-15-19(28)27-12-10-26(11-13-27)14-16-4-2-1-3-5-16/h1-9H,10-15H2,(H,23,24,25). The Morgan fingerprint density at radius 1 is 1.03 bits per heavy atom. The third kappa shape index (κ3) is 5.38. The summed E-state index contributed by atoms with van der Waals surface area (Å²) in [5.41, 5.74) is 2.22. The molecule has 0 saturated carbocycles. The first-order valence-corrected chi connectivity index (χ1v) is 10.9. The van der Waals surface area contributed by atoms with Crippen LogP contribution in [0.4, 0.5) is 0 Å². The highest BCUT2D eigenvalue weighted by Crippen LogP contribution is 2.21. The summed E-state index contributed by atoms with van der Waals surface area (Å²) in [7, 11) is 0. The maximum atomic E-state index is 12.6. The quantitative estimate of drug-likeness (QED) is 0.609. The molecule has 3 aromatic rings. The van der Waals surface area contributed by atoms with Crippen LogP contribution in [0.25, 0.3) is 11.4 Å². The van der Waals surface area contributed by atoms with E-state index >= 15 is 0 Å². The summed E-state index contributed by atoms with van der Waals surface area (Å²) < 4.78 is 0. The fourth-order valence-electron chi connectivity index (χ4n) is 3.26. The van der Waals surface area contributed by atoms with Gasteiger partial charge in [0.1, 0.15) is 0 Å². The van der Waals surface area contributed by atoms with Gasteiger partial charge in [0.15, 0.2) is 5.82 Å². The maximum Gasteiger partial charge on any atom is 0.233 e. The number of thioether (sulfide) groups is 1. The van der Waals surface area contributed by atoms with Gasteiger partial charge in [-0.25, -0.2) is 4.98 Å². The Morgan fingerprint density at radius 3 is 2.48 bits per heavy atom. The Morgan fingerprint density at radius 2 is 1.76 bits per heavy atom. The highest BCUT2D eigenvalue weighted by atomic mass is 35.5. The van der Waals surface area contributed by atoms with Gasteiger partial charge in [-0.05, 0) is 29.8 Å². The number of nitrogens with one attached hydrogen (secondary N) is 1. The smallest absolute Gasteiger partial charge is 0.233 e. The molecule has 0 bridgehead atoms. The predicted molar refractivity (Wildman–Crippen MR) is 116 cm³/mol. The first-order valence-electron chi connectivity index (χ1n) is 9.52. The van der Waals surface area contributed by atoms with Crippen LogP contribution >= 0.6 is 23.4 Å². The van der Waals surface area contributed by atoms with Crippen LogP contribution in [0.5, 0.6) is 0 Å². The summed E-state index contributed by atoms with van der Waals surface area (Å²) in [6.07, 6.45) is 0. The van der Waals surface area contributed by atoms with Gasteiger partial charge in [-0.15, -0.1) is 5.10 Å². The zero-order valence-electron chi connectivity index (χ0n) is 15.9. The van der Waals surface area contributed by atoms with Gasteiger partial charge in [-0.3, -0.25) is 14.8 Å². The number of carbonyl (C=O) groups excluding carboxylic acids is 1. The lowest BCUT2D eigenvalue weighted by Gasteiger charge is -2.34. The molecule has 1 saturated heterocycles. The van der Waals surface area contributed by atoms with E-state index in [4.69, 9.17) is 11.6 Å². The molecule has 2 heterocycles. The molecule has 4 rings (SSSR count). The van der Waals surface area contributed by atoms with Gasteiger partial charge in [0.2, 0.25) is 11.1 Å². The molecule has 0 unspecified atom stereocenters. The molecular weight excluding hydrogens is 406 g/mol. The number of rotatable bonds is 6. The Hall–Kier alpha value is -2.35. The van der Waals surface area contributed by atoms with Crippen molar-refractivity contribution in [3.63, 3.8) is 0 Å². The third-order valence-electron chi connectivity index (χ3n) is 4.88. The van der Waals surface area contributed by atoms with Crippen molar-refractivity contribution < 1.29 is 4.79 Å². The molecule has 0 aliphatic carbocycles. The topological polar surface area (TPSA) is 65.1 Å². The van der Waals surface area contributed by atoms with Crippen molar-refractivity contribution >= 4 is 29.3 Å². The minimum absolute atomic E-state index is 0.132. The molecule has 1 aliphatic rings. The van der Waals surface area contributed by atoms with E-state index in [1.54, 1.807) is 0 Å². The summed E-state index contributed by atoms with van der Waals surface area (Å²) in [5.74, 6) is 1.15. The van der Waals surface area contributed by atoms with Gasteiger partial charge in [0, 0.05) is 43.3 Å². The lowest BCUT2D eigenvalue weighted by Crippen LogP contribution is -2.48. The second-order valence-corrected chi connectivity index (χ2v) is 8.28. The van der Waals surface area contributed by atoms with Crippen molar-refractivity contribution in [2.45, 2.75) is 11.7 Å². The number of nitrogens with zero attached hydrogens (tertiary/aromatic N) is 4. The minimum atomic E-state index is 0.132. The summed E-state index contributed by atoms with van der Waals surface area (Å²) in [5, 5.41) is 8.38. The number of hydrogen-bond acceptors (Lipinski definition) is 5. The minimum Gasteiger partial charge on any atom is -0.339 e. The molecule has 1 amide bonds. The summed E-state index contributed by atoms with van der Waals surface area (Å²) in [6, 6.07) is 17.8. The number of benzene rings is 2. The molecule has 29 heavy (non-hydrogen) atoms. The zero-order chi connectivity index (χ0) is 20.1. The normalized spacial score (nSPS) is 14.9. The van der Waals surface area contributed by atoms with Gasteiger partial charge in [-0.2, -0.15) is 0 Å². The van der Waals surface area contributed by atoms with E-state index in [0.717, 1.165) is 38.3 Å². The molecule has 1 aromatic heterocycles. The van der Waals surface area contributed by atoms with Crippen molar-refractivity contribution in [2.75, 3.05) is 31.9 Å². The average molecular weight is 428 g/mol. The molecule has 1 aliphatic heterocycles. The Bertz CT molecular complexity index is 939. The van der Waals surface area contributed by atoms with Gasteiger partial charge < -0.3 is 4.90 Å². The van der Waals surface area contributed by atoms with Crippen LogP contribution in [0, 0.1) is 0 Å². The largest absolute Gasteiger partial charge is 0.339 e. The second kappa shape index (κ2) is 9.43. The number of aromatic nitrogens is 3. The van der Waals surface area contributed by atoms with E-state index < -0.39 is 0 Å². The Kier molecular flexibility index (Phi) is 6.49. The van der Waals surface area contributed by atoms with Crippen LogP contribution in [-0.4, -0.2) is 62.8 Å². The Labute approximate surface area is 179 Å². The lowest BCUT2D eigenvalue weighted by molar-refractivity contribution is -0.130. The monoisotopic (exact) mass is 427 g/mol. The van der Waals surface area contributed by atoms with Crippen LogP contribution in [0.15, 0.2) is 59.8 Å². The first kappa shape index (κ1) is 19.9. The van der Waals surface area contributed by atoms with Crippen LogP contribution in [0.3, 0.4) is 0 Å². The second-order valence-electron chi connectivity index (χ2n) is 6.90. The molecule has 0 radical (unpaired) electrons. The SMILES string of the molecule is O=C(CSc1n[nH]c(-c2ccc(Cl)cc2)n1)N1CCN(Cc2ccccc2)CC1. The molecule has 8 heteroatoms. The molecular formula is C21H22ClN5OS. The van der Waals surface area contributed by atoms with Gasteiger partial charge in [0.25, 0.3) is 0 Å². The van der Waals surface area contributed by atoms with Crippen molar-refractivity contribution in [3.8, 4) is 11.4 Å². The summed E-state index contributed by atoms with van der Waals surface area (Å²) >= 11 is 7.28. The summed E-state index contributed by atoms with van der Waals surface area (Å²) in [4.78, 5) is 21.3. The third-order valence-corrected chi connectivity index (χ3v) is 5.97. The molecule has 0 atom stereocenters. The highest BCUT2D eigenvalue weighted by molar-refractivity contribution is 7.99. The first-order chi connectivity index (χ1) is 14.2. The number of halogens is 1. The number of carbonyl (C=O) groups is 1. The molecule has 1 fully saturated rings. The molecule has 6 nitrogen and oxygen atoms in total. The number of amides is 1. The summed E-state index contributed by atoms with van der Waals surface area (Å²) in [6.45, 7) is 4.24. The van der Waals surface area contributed by atoms with E-state index in [0.29, 0.717) is 21.8 Å². The highest BCUT2D eigenvalue weighted by Gasteiger charge is 2.21. The zero-order valence-corrected chi connectivity index (χ0v) is 17.5. The Balaban J connectivity index is 1.24. The fourth-order valence-corrected chi connectivity index (χ4v) is 4.09. The van der Waals surface area contributed by atoms with Crippen molar-refractivity contribution in [3.05, 3.63) is 65.2 Å². The van der Waals surface area contributed by atoms with Crippen LogP contribution in [0.2, 0.25) is 5.02 Å². The van der Waals surface area contributed by atoms with Crippen molar-refractivity contribution in [1.82, 2.24) is 25.0 Å². The molecule has 150 valence electrons. The van der Waals surface area contributed by atoms with E-state index in [1.807, 2.05) is 35.2 Å². The van der Waals surface area contributed by atoms with Crippen LogP contribution < -0.4 is 0 Å². The van der Waals surface area contributed by atoms with E-state index in [9.17, 15) is 4.79 Å². The molecule has 1 N–H and O–H groups in total. The van der Waals surface area contributed by atoms with Gasteiger partial charge in [0.05, 0.1) is 5.75 Å². The van der Waals surface area contributed by atoms with Crippen LogP contribution in [-0.2, 0) is 11.3 Å². The lowest BCUT2D eigenvalue weighted by atomic mass is 10.2.